The van der Waals surface area contributed by atoms with Gasteiger partial charge in [0.15, 0.2) is 5.75 Å². The number of pyridine rings is 1. The summed E-state index contributed by atoms with van der Waals surface area (Å²) in [4.78, 5) is 17.9. The second-order valence-corrected chi connectivity index (χ2v) is 10.9. The molecule has 2 aromatic heterocycles. The Hall–Kier alpha value is -3.80. The van der Waals surface area contributed by atoms with E-state index in [1.54, 1.807) is 19.1 Å². The molecule has 0 amide bonds. The fraction of sp³-hybridized carbons (Fsp3) is 0.308. The van der Waals surface area contributed by atoms with Crippen LogP contribution in [0.15, 0.2) is 59.4 Å². The number of imidazole rings is 1. The molecule has 0 fully saturated rings. The van der Waals surface area contributed by atoms with Crippen LogP contribution in [0.25, 0.3) is 22.2 Å². The molecule has 8 nitrogen and oxygen atoms in total. The first-order chi connectivity index (χ1) is 17.9. The average Bonchev–Trinajstić information content (AvgIpc) is 3.11. The van der Waals surface area contributed by atoms with E-state index in [0.717, 1.165) is 12.3 Å². The van der Waals surface area contributed by atoms with E-state index < -0.39 is 39.1 Å². The highest BCUT2D eigenvalue weighted by molar-refractivity contribution is 7.90. The lowest BCUT2D eigenvalue weighted by atomic mass is 9.99. The Morgan fingerprint density at radius 2 is 1.76 bits per heavy atom. The molecule has 0 aliphatic heterocycles. The van der Waals surface area contributed by atoms with Crippen molar-refractivity contribution in [3.63, 3.8) is 0 Å². The van der Waals surface area contributed by atoms with Crippen molar-refractivity contribution in [2.75, 3.05) is 25.7 Å². The van der Waals surface area contributed by atoms with Gasteiger partial charge in [-0.25, -0.2) is 18.2 Å². The highest BCUT2D eigenvalue weighted by Gasteiger charge is 2.33. The highest BCUT2D eigenvalue weighted by Crippen LogP contribution is 2.38. The summed E-state index contributed by atoms with van der Waals surface area (Å²) in [5.41, 5.74) is -0.195. The zero-order valence-electron chi connectivity index (χ0n) is 21.1. The van der Waals surface area contributed by atoms with Crippen LogP contribution >= 0.6 is 0 Å². The van der Waals surface area contributed by atoms with E-state index in [4.69, 9.17) is 9.47 Å². The van der Waals surface area contributed by atoms with Gasteiger partial charge in [0.05, 0.1) is 47.8 Å². The van der Waals surface area contributed by atoms with Crippen molar-refractivity contribution >= 4 is 20.9 Å². The van der Waals surface area contributed by atoms with E-state index in [-0.39, 0.29) is 29.3 Å². The van der Waals surface area contributed by atoms with Crippen LogP contribution in [-0.4, -0.2) is 48.3 Å². The highest BCUT2D eigenvalue weighted by atomic mass is 32.2. The quantitative estimate of drug-likeness (QED) is 0.322. The molecule has 0 N–H and O–H groups in total. The van der Waals surface area contributed by atoms with Gasteiger partial charge in [-0.3, -0.25) is 9.13 Å². The Morgan fingerprint density at radius 1 is 1.05 bits per heavy atom. The Balaban J connectivity index is 1.94. The third-order valence-electron chi connectivity index (χ3n) is 6.09. The smallest absolute Gasteiger partial charge is 0.417 e. The van der Waals surface area contributed by atoms with Crippen molar-refractivity contribution in [2.45, 2.75) is 19.1 Å². The van der Waals surface area contributed by atoms with E-state index in [9.17, 15) is 26.4 Å². The van der Waals surface area contributed by atoms with Gasteiger partial charge in [-0.15, -0.1) is 0 Å². The molecule has 2 heterocycles. The molecular weight excluding hydrogens is 523 g/mol. The number of aromatic nitrogens is 3. The molecule has 0 radical (unpaired) electrons. The fourth-order valence-electron chi connectivity index (χ4n) is 4.42. The molecule has 0 spiro atoms. The number of aryl methyl sites for hydroxylation is 1. The summed E-state index contributed by atoms with van der Waals surface area (Å²) in [6, 6.07) is 11.7. The predicted octanol–water partition coefficient (Wildman–Crippen LogP) is 4.46. The summed E-state index contributed by atoms with van der Waals surface area (Å²) in [5.74, 6) is 0.0348. The normalized spacial score (nSPS) is 13.0. The summed E-state index contributed by atoms with van der Waals surface area (Å²) in [7, 11) is -0.697. The van der Waals surface area contributed by atoms with E-state index in [1.165, 1.54) is 59.7 Å². The Labute approximate surface area is 217 Å². The molecule has 4 rings (SSSR count). The van der Waals surface area contributed by atoms with Gasteiger partial charge in [0.25, 0.3) is 5.88 Å². The standard InChI is InChI=1S/C26H26F3N3O5S/c1-5-37-24-23(36-3)13-11-19(30-24)22(15-38(4,34)35)32-20-12-10-16(14-21(20)31(2)25(32)33)17-8-6-7-9-18(17)26(27,28)29/h6-14,22H,5,15H2,1-4H3/t22-/m1/s1. The number of methoxy groups -OCH3 is 1. The summed E-state index contributed by atoms with van der Waals surface area (Å²) >= 11 is 0. The molecule has 202 valence electrons. The zero-order valence-corrected chi connectivity index (χ0v) is 21.9. The lowest BCUT2D eigenvalue weighted by molar-refractivity contribution is -0.137. The third-order valence-corrected chi connectivity index (χ3v) is 7.02. The summed E-state index contributed by atoms with van der Waals surface area (Å²) in [5, 5.41) is 0. The number of hydrogen-bond donors (Lipinski definition) is 0. The molecule has 38 heavy (non-hydrogen) atoms. The van der Waals surface area contributed by atoms with Gasteiger partial charge in [-0.2, -0.15) is 13.2 Å². The average molecular weight is 550 g/mol. The number of ether oxygens (including phenoxy) is 2. The van der Waals surface area contributed by atoms with E-state index in [2.05, 4.69) is 4.98 Å². The fourth-order valence-corrected chi connectivity index (χ4v) is 5.31. The van der Waals surface area contributed by atoms with Crippen molar-refractivity contribution in [3.8, 4) is 22.8 Å². The molecule has 12 heteroatoms. The minimum absolute atomic E-state index is 0.0343. The van der Waals surface area contributed by atoms with Crippen LogP contribution in [0.4, 0.5) is 13.2 Å². The van der Waals surface area contributed by atoms with Crippen LogP contribution in [0.1, 0.15) is 24.2 Å². The molecule has 2 aromatic carbocycles. The van der Waals surface area contributed by atoms with Crippen molar-refractivity contribution < 1.29 is 31.1 Å². The van der Waals surface area contributed by atoms with Crippen LogP contribution in [0.3, 0.4) is 0 Å². The zero-order chi connectivity index (χ0) is 27.8. The van der Waals surface area contributed by atoms with Gasteiger partial charge in [0.2, 0.25) is 0 Å². The Bertz CT molecular complexity index is 1660. The van der Waals surface area contributed by atoms with Crippen LogP contribution in [0.2, 0.25) is 0 Å². The van der Waals surface area contributed by atoms with Gasteiger partial charge in [0, 0.05) is 13.3 Å². The molecule has 0 aliphatic rings. The molecule has 4 aromatic rings. The van der Waals surface area contributed by atoms with Gasteiger partial charge < -0.3 is 9.47 Å². The van der Waals surface area contributed by atoms with Crippen molar-refractivity contribution in [2.24, 2.45) is 7.05 Å². The number of alkyl halides is 3. The number of sulfone groups is 1. The first-order valence-corrected chi connectivity index (χ1v) is 13.6. The Kier molecular flexibility index (Phi) is 7.29. The summed E-state index contributed by atoms with van der Waals surface area (Å²) in [6.07, 6.45) is -3.52. The molecule has 0 aliphatic carbocycles. The van der Waals surface area contributed by atoms with Crippen molar-refractivity contribution in [1.82, 2.24) is 14.1 Å². The predicted molar refractivity (Wildman–Crippen MR) is 137 cm³/mol. The second kappa shape index (κ2) is 10.2. The van der Waals surface area contributed by atoms with E-state index in [0.29, 0.717) is 16.8 Å². The number of fused-ring (bicyclic) bond motifs is 1. The second-order valence-electron chi connectivity index (χ2n) is 8.74. The molecule has 0 bridgehead atoms. The topological polar surface area (TPSA) is 92.4 Å². The van der Waals surface area contributed by atoms with Gasteiger partial charge in [0.1, 0.15) is 9.84 Å². The van der Waals surface area contributed by atoms with Crippen molar-refractivity contribution in [1.29, 1.82) is 0 Å². The number of nitrogens with zero attached hydrogens (tertiary/aromatic N) is 3. The third kappa shape index (κ3) is 5.26. The van der Waals surface area contributed by atoms with Crippen molar-refractivity contribution in [3.05, 3.63) is 76.3 Å². The van der Waals surface area contributed by atoms with Crippen LogP contribution in [-0.2, 0) is 23.1 Å². The van der Waals surface area contributed by atoms with Crippen LogP contribution in [0, 0.1) is 0 Å². The largest absolute Gasteiger partial charge is 0.491 e. The minimum atomic E-state index is -4.57. The first kappa shape index (κ1) is 27.2. The maximum atomic E-state index is 13.6. The lowest BCUT2D eigenvalue weighted by Crippen LogP contribution is -2.31. The lowest BCUT2D eigenvalue weighted by Gasteiger charge is -2.19. The monoisotopic (exact) mass is 549 g/mol. The summed E-state index contributed by atoms with van der Waals surface area (Å²) < 4.78 is 79.2. The van der Waals surface area contributed by atoms with Gasteiger partial charge in [-0.1, -0.05) is 24.3 Å². The molecule has 0 saturated heterocycles. The van der Waals surface area contributed by atoms with E-state index in [1.807, 2.05) is 0 Å². The number of hydrogen-bond acceptors (Lipinski definition) is 6. The first-order valence-electron chi connectivity index (χ1n) is 11.6. The molecular formula is C26H26F3N3O5S. The SMILES string of the molecule is CCOc1nc([C@@H](CS(C)(=O)=O)n2c(=O)n(C)c3cc(-c4ccccc4C(F)(F)F)ccc32)ccc1OC. The van der Waals surface area contributed by atoms with Gasteiger partial charge in [-0.05, 0) is 48.4 Å². The van der Waals surface area contributed by atoms with E-state index >= 15 is 0 Å². The number of halogens is 3. The number of rotatable bonds is 8. The molecule has 0 saturated carbocycles. The summed E-state index contributed by atoms with van der Waals surface area (Å²) in [6.45, 7) is 2.03. The molecule has 0 unspecified atom stereocenters. The Morgan fingerprint density at radius 3 is 2.39 bits per heavy atom. The molecule has 1 atom stereocenters. The number of benzene rings is 2. The minimum Gasteiger partial charge on any atom is -0.491 e. The maximum absolute atomic E-state index is 13.6. The van der Waals surface area contributed by atoms with Gasteiger partial charge >= 0.3 is 11.9 Å². The van der Waals surface area contributed by atoms with Crippen LogP contribution in [0.5, 0.6) is 11.6 Å². The van der Waals surface area contributed by atoms with Crippen LogP contribution < -0.4 is 15.2 Å². The maximum Gasteiger partial charge on any atom is 0.417 e.